The number of nitrogens with zero attached hydrogens (tertiary/aromatic N) is 2. The van der Waals surface area contributed by atoms with Crippen LogP contribution < -0.4 is 15.4 Å². The van der Waals surface area contributed by atoms with Gasteiger partial charge in [-0.3, -0.25) is 19.2 Å². The first kappa shape index (κ1) is 44.8. The van der Waals surface area contributed by atoms with Gasteiger partial charge in [0.25, 0.3) is 0 Å². The van der Waals surface area contributed by atoms with Crippen LogP contribution in [-0.4, -0.2) is 109 Å². The van der Waals surface area contributed by atoms with E-state index < -0.39 is 87.8 Å². The van der Waals surface area contributed by atoms with E-state index in [0.717, 1.165) is 5.56 Å². The number of fused-ring (bicyclic) bond motifs is 2. The van der Waals surface area contributed by atoms with Gasteiger partial charge in [0.2, 0.25) is 24.5 Å². The number of esters is 3. The number of nitrogens with one attached hydrogen (secondary N) is 2. The molecule has 20 heteroatoms. The Labute approximate surface area is 369 Å². The zero-order chi connectivity index (χ0) is 45.1. The average molecular weight is 905 g/mol. The lowest BCUT2D eigenvalue weighted by molar-refractivity contribution is -0.182. The maximum Gasteiger partial charge on any atom is 0.514 e. The lowest BCUT2D eigenvalue weighted by Crippen LogP contribution is -2.71. The fourth-order valence-electron chi connectivity index (χ4n) is 7.62. The first-order valence-corrected chi connectivity index (χ1v) is 21.5. The lowest BCUT2D eigenvalue weighted by atomic mass is 9.95. The molecule has 3 aromatic carbocycles. The molecule has 7 rings (SSSR count). The van der Waals surface area contributed by atoms with Crippen LogP contribution in [0.2, 0.25) is 0 Å². The van der Waals surface area contributed by atoms with E-state index >= 15 is 0 Å². The third-order valence-corrected chi connectivity index (χ3v) is 13.8. The minimum atomic E-state index is -1.39. The van der Waals surface area contributed by atoms with Gasteiger partial charge in [0, 0.05) is 11.7 Å². The van der Waals surface area contributed by atoms with Crippen LogP contribution in [0.1, 0.15) is 56.8 Å². The molecule has 332 valence electrons. The molecule has 4 aliphatic rings. The third-order valence-electron chi connectivity index (χ3n) is 10.7. The van der Waals surface area contributed by atoms with Crippen molar-refractivity contribution in [2.24, 2.45) is 0 Å². The number of benzene rings is 3. The highest BCUT2D eigenvalue weighted by Gasteiger charge is 2.65. The Hall–Kier alpha value is -6.28. The van der Waals surface area contributed by atoms with E-state index in [2.05, 4.69) is 10.6 Å². The number of hydrogen-bond acceptors (Lipinski definition) is 16. The van der Waals surface area contributed by atoms with Crippen LogP contribution in [0.25, 0.3) is 0 Å². The largest absolute Gasteiger partial charge is 0.514 e. The van der Waals surface area contributed by atoms with Crippen molar-refractivity contribution in [2.45, 2.75) is 91.7 Å². The highest BCUT2D eigenvalue weighted by atomic mass is 32.2. The van der Waals surface area contributed by atoms with Crippen molar-refractivity contribution in [1.82, 2.24) is 20.4 Å². The number of thioether (sulfide) groups is 2. The molecule has 18 nitrogen and oxygen atoms in total. The summed E-state index contributed by atoms with van der Waals surface area (Å²) in [6.07, 6.45) is -1.67. The molecule has 4 aliphatic heterocycles. The van der Waals surface area contributed by atoms with Crippen molar-refractivity contribution in [3.8, 4) is 5.75 Å². The molecular formula is C43H44N4O14S2. The highest BCUT2D eigenvalue weighted by molar-refractivity contribution is 8.02. The van der Waals surface area contributed by atoms with Crippen LogP contribution in [0.4, 0.5) is 9.59 Å². The van der Waals surface area contributed by atoms with Crippen molar-refractivity contribution in [3.63, 3.8) is 0 Å². The zero-order valence-corrected chi connectivity index (χ0v) is 36.1. The predicted molar refractivity (Wildman–Crippen MR) is 223 cm³/mol. The molecule has 2 N–H and O–H groups in total. The molecule has 0 saturated carbocycles. The summed E-state index contributed by atoms with van der Waals surface area (Å²) in [5.74, 6) is -3.81. The molecule has 63 heavy (non-hydrogen) atoms. The van der Waals surface area contributed by atoms with Gasteiger partial charge in [-0.1, -0.05) is 72.8 Å². The molecule has 0 radical (unpaired) electrons. The molecule has 0 spiro atoms. The van der Waals surface area contributed by atoms with Gasteiger partial charge in [0.15, 0.2) is 0 Å². The summed E-state index contributed by atoms with van der Waals surface area (Å²) >= 11 is 2.56. The standard InChI is InChI=1S/C43H44N4O14S2/c1-24(48)58-22-43(4)34(46-29(49)19-30(46)62-43)39(53)60-23-59-38(52)33-42(2,3)63-37-32(36(51)47(33)37)44-35(50)31(45-40(54)56-20-25-11-7-5-8-12-25)27-15-17-28(18-16-27)61-41(55)57-21-26-13-9-6-10-14-26/h5-18,30-34,37H,19-23H2,1-4H3,(H,44,50)(H,45,54)/t30-,31?,32+,33-,34-,37+,43-/m0/s1. The van der Waals surface area contributed by atoms with Gasteiger partial charge < -0.3 is 48.9 Å². The summed E-state index contributed by atoms with van der Waals surface area (Å²) in [7, 11) is 0. The van der Waals surface area contributed by atoms with E-state index in [1.807, 2.05) is 12.1 Å². The molecule has 7 atom stereocenters. The summed E-state index contributed by atoms with van der Waals surface area (Å²) in [5, 5.41) is 4.26. The number of ether oxygens (including phenoxy) is 6. The van der Waals surface area contributed by atoms with Crippen LogP contribution in [0, 0.1) is 0 Å². The smallest absolute Gasteiger partial charge is 0.464 e. The van der Waals surface area contributed by atoms with Crippen molar-refractivity contribution in [2.75, 3.05) is 13.4 Å². The fourth-order valence-corrected chi connectivity index (χ4v) is 10.9. The average Bonchev–Trinajstić information content (AvgIpc) is 3.66. The molecule has 4 heterocycles. The Morgan fingerprint density at radius 2 is 1.35 bits per heavy atom. The van der Waals surface area contributed by atoms with Gasteiger partial charge in [-0.25, -0.2) is 19.2 Å². The van der Waals surface area contributed by atoms with Gasteiger partial charge in [-0.2, -0.15) is 0 Å². The van der Waals surface area contributed by atoms with Crippen molar-refractivity contribution in [3.05, 3.63) is 102 Å². The van der Waals surface area contributed by atoms with E-state index in [0.29, 0.717) is 5.56 Å². The maximum absolute atomic E-state index is 14.0. The predicted octanol–water partition coefficient (Wildman–Crippen LogP) is 3.96. The van der Waals surface area contributed by atoms with Crippen molar-refractivity contribution >= 4 is 71.4 Å². The summed E-state index contributed by atoms with van der Waals surface area (Å²) in [6, 6.07) is 18.9. The molecule has 4 amide bonds. The first-order chi connectivity index (χ1) is 30.0. The van der Waals surface area contributed by atoms with Crippen LogP contribution in [0.5, 0.6) is 5.75 Å². The monoisotopic (exact) mass is 904 g/mol. The Kier molecular flexibility index (Phi) is 13.2. The normalized spacial score (nSPS) is 24.3. The van der Waals surface area contributed by atoms with E-state index in [1.54, 1.807) is 69.3 Å². The number of amides is 4. The second-order valence-corrected chi connectivity index (χ2v) is 19.2. The van der Waals surface area contributed by atoms with Crippen LogP contribution >= 0.6 is 23.5 Å². The molecule has 1 unspecified atom stereocenters. The number of alkyl carbamates (subject to hydrolysis) is 1. The minimum Gasteiger partial charge on any atom is -0.464 e. The molecule has 0 bridgehead atoms. The molecule has 4 saturated heterocycles. The van der Waals surface area contributed by atoms with Crippen LogP contribution in [-0.2, 0) is 65.7 Å². The van der Waals surface area contributed by atoms with Gasteiger partial charge in [-0.15, -0.1) is 23.5 Å². The highest BCUT2D eigenvalue weighted by Crippen LogP contribution is 2.52. The number of carbonyl (C=O) groups excluding carboxylic acids is 8. The summed E-state index contributed by atoms with van der Waals surface area (Å²) < 4.78 is 29.8. The van der Waals surface area contributed by atoms with Gasteiger partial charge >= 0.3 is 30.2 Å². The Balaban J connectivity index is 0.975. The quantitative estimate of drug-likeness (QED) is 0.0725. The second kappa shape index (κ2) is 18.6. The lowest BCUT2D eigenvalue weighted by Gasteiger charge is -2.44. The zero-order valence-electron chi connectivity index (χ0n) is 34.5. The van der Waals surface area contributed by atoms with E-state index in [4.69, 9.17) is 28.4 Å². The third kappa shape index (κ3) is 9.86. The number of hydrogen-bond donors (Lipinski definition) is 2. The maximum atomic E-state index is 14.0. The fraction of sp³-hybridized carbons (Fsp3) is 0.395. The van der Waals surface area contributed by atoms with Crippen molar-refractivity contribution in [1.29, 1.82) is 0 Å². The minimum absolute atomic E-state index is 0.00984. The number of rotatable bonds is 15. The van der Waals surface area contributed by atoms with Crippen molar-refractivity contribution < 1.29 is 66.8 Å². The summed E-state index contributed by atoms with van der Waals surface area (Å²) in [4.78, 5) is 107. The van der Waals surface area contributed by atoms with Crippen LogP contribution in [0.3, 0.4) is 0 Å². The SMILES string of the molecule is CC(=O)OC[C@]1(C)S[C@H]2CC(=O)N2[C@H]1C(=O)OCOC(=O)[C@@H]1N2C(=O)[C@@H](NC(=O)C(NC(=O)OCc3ccccc3)c3ccc(OC(=O)OCc4ccccc4)cc3)[C@H]2SC1(C)C. The number of β-lactam (4-membered cyclic amide) rings is 2. The van der Waals surface area contributed by atoms with E-state index in [1.165, 1.54) is 64.5 Å². The first-order valence-electron chi connectivity index (χ1n) is 19.8. The molecule has 0 aromatic heterocycles. The van der Waals surface area contributed by atoms with Crippen LogP contribution in [0.15, 0.2) is 84.9 Å². The summed E-state index contributed by atoms with van der Waals surface area (Å²) in [5.41, 5.74) is 1.72. The van der Waals surface area contributed by atoms with Gasteiger partial charge in [0.1, 0.15) is 55.1 Å². The van der Waals surface area contributed by atoms with E-state index in [-0.39, 0.29) is 48.8 Å². The van der Waals surface area contributed by atoms with Gasteiger partial charge in [-0.05, 0) is 49.6 Å². The molecular weight excluding hydrogens is 861 g/mol. The second-order valence-electron chi connectivity index (χ2n) is 15.7. The Morgan fingerprint density at radius 1 is 0.746 bits per heavy atom. The van der Waals surface area contributed by atoms with Gasteiger partial charge in [0.05, 0.1) is 16.5 Å². The molecule has 0 aliphatic carbocycles. The topological polar surface area (TPSA) is 222 Å². The molecule has 3 aromatic rings. The number of carbonyl (C=O) groups is 8. The van der Waals surface area contributed by atoms with E-state index in [9.17, 15) is 38.4 Å². The Bertz CT molecular complexity index is 2270. The summed E-state index contributed by atoms with van der Waals surface area (Å²) in [6.45, 7) is 5.30. The molecule has 4 fully saturated rings. The Morgan fingerprint density at radius 3 is 1.95 bits per heavy atom.